The van der Waals surface area contributed by atoms with Gasteiger partial charge in [0, 0.05) is 13.2 Å². The topological polar surface area (TPSA) is 47.3 Å². The number of nitrogens with one attached hydrogen (secondary N) is 1. The number of hydrazine groups is 1. The molecule has 102 valence electrons. The summed E-state index contributed by atoms with van der Waals surface area (Å²) in [5.41, 5.74) is 3.58. The summed E-state index contributed by atoms with van der Waals surface area (Å²) in [4.78, 5) is 0. The fourth-order valence-corrected chi connectivity index (χ4v) is 1.82. The number of rotatable bonds is 7. The maximum Gasteiger partial charge on any atom is 0.123 e. The van der Waals surface area contributed by atoms with E-state index in [2.05, 4.69) is 5.43 Å². The number of benzene rings is 1. The van der Waals surface area contributed by atoms with Crippen molar-refractivity contribution < 1.29 is 9.13 Å². The van der Waals surface area contributed by atoms with Crippen molar-refractivity contribution in [2.75, 3.05) is 7.11 Å². The molecule has 0 spiro atoms. The minimum Gasteiger partial charge on any atom is -0.379 e. The van der Waals surface area contributed by atoms with Gasteiger partial charge in [0.2, 0.25) is 0 Å². The zero-order valence-electron chi connectivity index (χ0n) is 11.4. The van der Waals surface area contributed by atoms with Gasteiger partial charge in [0.1, 0.15) is 5.82 Å². The predicted octanol–water partition coefficient (Wildman–Crippen LogP) is 2.41. The largest absolute Gasteiger partial charge is 0.379 e. The van der Waals surface area contributed by atoms with E-state index < -0.39 is 0 Å². The van der Waals surface area contributed by atoms with Gasteiger partial charge in [0.15, 0.2) is 0 Å². The van der Waals surface area contributed by atoms with Crippen LogP contribution in [0.4, 0.5) is 4.39 Å². The Morgan fingerprint density at radius 1 is 1.44 bits per heavy atom. The molecule has 3 nitrogen and oxygen atoms in total. The fourth-order valence-electron chi connectivity index (χ4n) is 1.82. The van der Waals surface area contributed by atoms with Crippen molar-refractivity contribution in [3.63, 3.8) is 0 Å². The predicted molar refractivity (Wildman–Crippen MR) is 71.5 cm³/mol. The highest BCUT2D eigenvalue weighted by atomic mass is 19.1. The molecular formula is C14H23FN2O. The van der Waals surface area contributed by atoms with Crippen LogP contribution in [-0.2, 0) is 11.2 Å². The van der Waals surface area contributed by atoms with Gasteiger partial charge in [-0.2, -0.15) is 0 Å². The third kappa shape index (κ3) is 5.12. The van der Waals surface area contributed by atoms with E-state index in [1.165, 1.54) is 6.07 Å². The van der Waals surface area contributed by atoms with Crippen LogP contribution in [0.2, 0.25) is 0 Å². The van der Waals surface area contributed by atoms with Crippen LogP contribution >= 0.6 is 0 Å². The summed E-state index contributed by atoms with van der Waals surface area (Å²) in [5, 5.41) is 0. The minimum absolute atomic E-state index is 0.126. The van der Waals surface area contributed by atoms with Crippen molar-refractivity contribution in [3.05, 3.63) is 35.6 Å². The maximum absolute atomic E-state index is 13.1. The third-order valence-corrected chi connectivity index (χ3v) is 3.25. The fraction of sp³-hybridized carbons (Fsp3) is 0.571. The zero-order valence-corrected chi connectivity index (χ0v) is 11.4. The first-order valence-electron chi connectivity index (χ1n) is 6.22. The first-order chi connectivity index (χ1) is 8.46. The van der Waals surface area contributed by atoms with Crippen LogP contribution in [0.15, 0.2) is 24.3 Å². The molecule has 1 rings (SSSR count). The lowest BCUT2D eigenvalue weighted by Gasteiger charge is -2.25. The quantitative estimate of drug-likeness (QED) is 0.580. The maximum atomic E-state index is 13.1. The lowest BCUT2D eigenvalue weighted by atomic mass is 9.95. The Hall–Kier alpha value is -0.970. The Morgan fingerprint density at radius 3 is 2.72 bits per heavy atom. The number of nitrogens with two attached hydrogens (primary N) is 1. The van der Waals surface area contributed by atoms with Gasteiger partial charge in [-0.25, -0.2) is 4.39 Å². The zero-order chi connectivity index (χ0) is 13.6. The second-order valence-corrected chi connectivity index (χ2v) is 5.20. The van der Waals surface area contributed by atoms with Crippen molar-refractivity contribution in [2.24, 2.45) is 5.84 Å². The summed E-state index contributed by atoms with van der Waals surface area (Å²) < 4.78 is 18.5. The summed E-state index contributed by atoms with van der Waals surface area (Å²) in [7, 11) is 1.71. The molecule has 1 aromatic rings. The molecule has 4 heteroatoms. The van der Waals surface area contributed by atoms with Gasteiger partial charge >= 0.3 is 0 Å². The highest BCUT2D eigenvalue weighted by Gasteiger charge is 2.19. The Morgan fingerprint density at radius 2 is 2.17 bits per heavy atom. The summed E-state index contributed by atoms with van der Waals surface area (Å²) in [6.07, 6.45) is 2.50. The van der Waals surface area contributed by atoms with Crippen LogP contribution < -0.4 is 11.3 Å². The average molecular weight is 254 g/mol. The van der Waals surface area contributed by atoms with Crippen molar-refractivity contribution >= 4 is 0 Å². The Kier molecular flexibility index (Phi) is 5.72. The monoisotopic (exact) mass is 254 g/mol. The second-order valence-electron chi connectivity index (χ2n) is 5.20. The number of hydrogen-bond donors (Lipinski definition) is 2. The minimum atomic E-state index is -0.208. The SMILES string of the molecule is COC(C)(C)CCC(Cc1cccc(F)c1)NN. The molecule has 0 heterocycles. The molecule has 0 amide bonds. The van der Waals surface area contributed by atoms with Crippen molar-refractivity contribution in [3.8, 4) is 0 Å². The van der Waals surface area contributed by atoms with Crippen molar-refractivity contribution in [1.82, 2.24) is 5.43 Å². The summed E-state index contributed by atoms with van der Waals surface area (Å²) in [6.45, 7) is 4.09. The number of ether oxygens (including phenoxy) is 1. The van der Waals surface area contributed by atoms with Gasteiger partial charge in [-0.1, -0.05) is 12.1 Å². The Bertz CT molecular complexity index is 369. The number of methoxy groups -OCH3 is 1. The number of halogens is 1. The molecule has 0 aromatic heterocycles. The van der Waals surface area contributed by atoms with Crippen LogP contribution in [-0.4, -0.2) is 18.8 Å². The lowest BCUT2D eigenvalue weighted by Crippen LogP contribution is -2.38. The summed E-state index contributed by atoms with van der Waals surface area (Å²) >= 11 is 0. The van der Waals surface area contributed by atoms with E-state index in [9.17, 15) is 4.39 Å². The molecule has 0 saturated carbocycles. The molecule has 0 radical (unpaired) electrons. The Balaban J connectivity index is 2.52. The lowest BCUT2D eigenvalue weighted by molar-refractivity contribution is 0.0117. The smallest absolute Gasteiger partial charge is 0.123 e. The molecule has 18 heavy (non-hydrogen) atoms. The molecule has 0 aliphatic heterocycles. The molecule has 0 saturated heterocycles. The number of hydrogen-bond acceptors (Lipinski definition) is 3. The second kappa shape index (κ2) is 6.83. The van der Waals surface area contributed by atoms with E-state index in [0.29, 0.717) is 6.42 Å². The van der Waals surface area contributed by atoms with Gasteiger partial charge < -0.3 is 4.74 Å². The van der Waals surface area contributed by atoms with Crippen LogP contribution in [0.1, 0.15) is 32.3 Å². The molecule has 0 fully saturated rings. The van der Waals surface area contributed by atoms with E-state index in [1.54, 1.807) is 19.2 Å². The third-order valence-electron chi connectivity index (χ3n) is 3.25. The molecule has 3 N–H and O–H groups in total. The molecule has 0 bridgehead atoms. The van der Waals surface area contributed by atoms with Crippen LogP contribution in [0, 0.1) is 5.82 Å². The van der Waals surface area contributed by atoms with Gasteiger partial charge in [-0.15, -0.1) is 0 Å². The standard InChI is InChI=1S/C14H23FN2O/c1-14(2,18-3)8-7-13(17-16)10-11-5-4-6-12(15)9-11/h4-6,9,13,17H,7-8,10,16H2,1-3H3. The summed E-state index contributed by atoms with van der Waals surface area (Å²) in [6, 6.07) is 6.75. The van der Waals surface area contributed by atoms with E-state index in [1.807, 2.05) is 19.9 Å². The van der Waals surface area contributed by atoms with Crippen molar-refractivity contribution in [1.29, 1.82) is 0 Å². The van der Waals surface area contributed by atoms with Crippen LogP contribution in [0.25, 0.3) is 0 Å². The normalized spacial score (nSPS) is 13.6. The first kappa shape index (κ1) is 15.1. The van der Waals surface area contributed by atoms with E-state index in [-0.39, 0.29) is 17.5 Å². The van der Waals surface area contributed by atoms with Gasteiger partial charge in [-0.3, -0.25) is 11.3 Å². The molecule has 0 aliphatic rings. The van der Waals surface area contributed by atoms with Crippen LogP contribution in [0.3, 0.4) is 0 Å². The van der Waals surface area contributed by atoms with E-state index in [0.717, 1.165) is 18.4 Å². The van der Waals surface area contributed by atoms with E-state index in [4.69, 9.17) is 10.6 Å². The summed E-state index contributed by atoms with van der Waals surface area (Å²) in [5.74, 6) is 5.34. The van der Waals surface area contributed by atoms with Crippen LogP contribution in [0.5, 0.6) is 0 Å². The molecule has 1 atom stereocenters. The van der Waals surface area contributed by atoms with Crippen molar-refractivity contribution in [2.45, 2.75) is 44.8 Å². The van der Waals surface area contributed by atoms with Gasteiger partial charge in [0.25, 0.3) is 0 Å². The first-order valence-corrected chi connectivity index (χ1v) is 6.22. The highest BCUT2D eigenvalue weighted by Crippen LogP contribution is 2.18. The Labute approximate surface area is 108 Å². The molecular weight excluding hydrogens is 231 g/mol. The van der Waals surface area contributed by atoms with E-state index >= 15 is 0 Å². The molecule has 0 aliphatic carbocycles. The van der Waals surface area contributed by atoms with Gasteiger partial charge in [-0.05, 0) is 50.8 Å². The van der Waals surface area contributed by atoms with Gasteiger partial charge in [0.05, 0.1) is 5.60 Å². The molecule has 1 aromatic carbocycles. The highest BCUT2D eigenvalue weighted by molar-refractivity contribution is 5.17. The average Bonchev–Trinajstić information content (AvgIpc) is 2.34. The molecule has 1 unspecified atom stereocenters.